The van der Waals surface area contributed by atoms with E-state index >= 15 is 0 Å². The Bertz CT molecular complexity index is 451. The lowest BCUT2D eigenvalue weighted by Gasteiger charge is -2.07. The normalized spacial score (nSPS) is 9.90. The van der Waals surface area contributed by atoms with E-state index in [0.29, 0.717) is 13.2 Å². The largest absolute Gasteiger partial charge is 0.385 e. The second-order valence-corrected chi connectivity index (χ2v) is 3.99. The number of nitrogens with zero attached hydrogens (tertiary/aromatic N) is 1. The number of hydrogen-bond acceptors (Lipinski definition) is 5. The molecular weight excluding hydrogens is 260 g/mol. The Morgan fingerprint density at radius 2 is 2.15 bits per heavy atom. The van der Waals surface area contributed by atoms with Gasteiger partial charge in [-0.25, -0.2) is 0 Å². The van der Waals surface area contributed by atoms with E-state index in [1.165, 1.54) is 0 Å². The molecule has 20 heavy (non-hydrogen) atoms. The molecule has 0 aliphatic carbocycles. The van der Waals surface area contributed by atoms with E-state index in [1.807, 2.05) is 6.92 Å². The number of pyridine rings is 1. The molecule has 110 valence electrons. The first-order valence-corrected chi connectivity index (χ1v) is 6.41. The number of nitrogens with one attached hydrogen (secondary N) is 3. The van der Waals surface area contributed by atoms with Crippen LogP contribution in [-0.2, 0) is 9.53 Å². The molecule has 1 aromatic rings. The maximum absolute atomic E-state index is 11.8. The van der Waals surface area contributed by atoms with Crippen molar-refractivity contribution in [3.8, 4) is 0 Å². The second kappa shape index (κ2) is 8.87. The molecule has 0 radical (unpaired) electrons. The van der Waals surface area contributed by atoms with E-state index in [1.54, 1.807) is 25.4 Å². The van der Waals surface area contributed by atoms with Gasteiger partial charge in [-0.15, -0.1) is 0 Å². The van der Waals surface area contributed by atoms with Crippen LogP contribution in [0.2, 0.25) is 0 Å². The van der Waals surface area contributed by atoms with Crippen molar-refractivity contribution in [3.63, 3.8) is 0 Å². The fourth-order valence-electron chi connectivity index (χ4n) is 1.47. The molecule has 0 saturated carbocycles. The van der Waals surface area contributed by atoms with Gasteiger partial charge >= 0.3 is 0 Å². The third-order valence-electron chi connectivity index (χ3n) is 2.41. The van der Waals surface area contributed by atoms with Crippen LogP contribution in [0.25, 0.3) is 0 Å². The molecule has 0 bridgehead atoms. The van der Waals surface area contributed by atoms with Gasteiger partial charge in [0.15, 0.2) is 0 Å². The van der Waals surface area contributed by atoms with Gasteiger partial charge in [0, 0.05) is 32.1 Å². The van der Waals surface area contributed by atoms with Gasteiger partial charge < -0.3 is 20.7 Å². The highest BCUT2D eigenvalue weighted by Crippen LogP contribution is 2.07. The van der Waals surface area contributed by atoms with Gasteiger partial charge in [-0.05, 0) is 19.1 Å². The standard InChI is InChI=1S/C13H20N4O3/c1-3-14-10-4-5-15-11(8-10)13(19)17-9-12(18)16-6-7-20-2/h4-5,8H,3,6-7,9H2,1-2H3,(H,14,15)(H,16,18)(H,17,19). The maximum atomic E-state index is 11.8. The predicted molar refractivity (Wildman–Crippen MR) is 75.6 cm³/mol. The van der Waals surface area contributed by atoms with Gasteiger partial charge in [0.25, 0.3) is 5.91 Å². The van der Waals surface area contributed by atoms with Crippen molar-refractivity contribution in [1.82, 2.24) is 15.6 Å². The molecule has 1 rings (SSSR count). The molecule has 0 spiro atoms. The molecule has 0 saturated heterocycles. The summed E-state index contributed by atoms with van der Waals surface area (Å²) in [6, 6.07) is 3.42. The number of hydrogen-bond donors (Lipinski definition) is 3. The molecular formula is C13H20N4O3. The summed E-state index contributed by atoms with van der Waals surface area (Å²) in [5, 5.41) is 8.21. The second-order valence-electron chi connectivity index (χ2n) is 3.99. The van der Waals surface area contributed by atoms with Crippen LogP contribution in [0.3, 0.4) is 0 Å². The van der Waals surface area contributed by atoms with Gasteiger partial charge in [0.1, 0.15) is 5.69 Å². The smallest absolute Gasteiger partial charge is 0.270 e. The average molecular weight is 280 g/mol. The van der Waals surface area contributed by atoms with Gasteiger partial charge in [0.2, 0.25) is 5.91 Å². The first-order valence-electron chi connectivity index (χ1n) is 6.41. The molecule has 1 heterocycles. The lowest BCUT2D eigenvalue weighted by molar-refractivity contribution is -0.120. The minimum absolute atomic E-state index is 0.0876. The lowest BCUT2D eigenvalue weighted by Crippen LogP contribution is -2.38. The Labute approximate surface area is 118 Å². The fraction of sp³-hybridized carbons (Fsp3) is 0.462. The van der Waals surface area contributed by atoms with E-state index in [9.17, 15) is 9.59 Å². The molecule has 0 aromatic carbocycles. The van der Waals surface area contributed by atoms with Crippen molar-refractivity contribution in [1.29, 1.82) is 0 Å². The highest BCUT2D eigenvalue weighted by atomic mass is 16.5. The summed E-state index contributed by atoms with van der Waals surface area (Å²) in [7, 11) is 1.55. The van der Waals surface area contributed by atoms with Crippen LogP contribution in [0, 0.1) is 0 Å². The number of ether oxygens (including phenoxy) is 1. The summed E-state index contributed by atoms with van der Waals surface area (Å²) in [5.41, 5.74) is 1.09. The van der Waals surface area contributed by atoms with Gasteiger partial charge in [-0.2, -0.15) is 0 Å². The van der Waals surface area contributed by atoms with Crippen molar-refractivity contribution in [2.75, 3.05) is 38.7 Å². The molecule has 3 N–H and O–H groups in total. The first-order chi connectivity index (χ1) is 9.67. The van der Waals surface area contributed by atoms with Crippen LogP contribution >= 0.6 is 0 Å². The fourth-order valence-corrected chi connectivity index (χ4v) is 1.47. The van der Waals surface area contributed by atoms with Crippen LogP contribution in [0.4, 0.5) is 5.69 Å². The highest BCUT2D eigenvalue weighted by molar-refractivity contribution is 5.95. The zero-order valence-electron chi connectivity index (χ0n) is 11.7. The Balaban J connectivity index is 2.42. The zero-order valence-corrected chi connectivity index (χ0v) is 11.7. The summed E-state index contributed by atoms with van der Waals surface area (Å²) in [6.45, 7) is 3.48. The lowest BCUT2D eigenvalue weighted by atomic mass is 10.3. The third kappa shape index (κ3) is 5.66. The van der Waals surface area contributed by atoms with Crippen molar-refractivity contribution < 1.29 is 14.3 Å². The Morgan fingerprint density at radius 3 is 2.85 bits per heavy atom. The number of rotatable bonds is 8. The summed E-state index contributed by atoms with van der Waals surface area (Å²) >= 11 is 0. The molecule has 0 aliphatic heterocycles. The van der Waals surface area contributed by atoms with Crippen molar-refractivity contribution in [2.45, 2.75) is 6.92 Å². The molecule has 0 aliphatic rings. The monoisotopic (exact) mass is 280 g/mol. The number of aromatic nitrogens is 1. The van der Waals surface area contributed by atoms with E-state index in [-0.39, 0.29) is 24.1 Å². The van der Waals surface area contributed by atoms with E-state index in [2.05, 4.69) is 20.9 Å². The van der Waals surface area contributed by atoms with E-state index in [0.717, 1.165) is 12.2 Å². The maximum Gasteiger partial charge on any atom is 0.270 e. The summed E-state index contributed by atoms with van der Waals surface area (Å²) in [5.74, 6) is -0.648. The molecule has 7 heteroatoms. The van der Waals surface area contributed by atoms with Crippen molar-refractivity contribution >= 4 is 17.5 Å². The number of carbonyl (C=O) groups excluding carboxylic acids is 2. The Hall–Kier alpha value is -2.15. The minimum atomic E-state index is -0.383. The van der Waals surface area contributed by atoms with Crippen LogP contribution in [0.1, 0.15) is 17.4 Å². The number of anilines is 1. The van der Waals surface area contributed by atoms with Gasteiger partial charge in [-0.1, -0.05) is 0 Å². The summed E-state index contributed by atoms with van der Waals surface area (Å²) in [6.07, 6.45) is 1.55. The Morgan fingerprint density at radius 1 is 1.35 bits per heavy atom. The minimum Gasteiger partial charge on any atom is -0.385 e. The first kappa shape index (κ1) is 15.9. The van der Waals surface area contributed by atoms with E-state index in [4.69, 9.17) is 4.74 Å². The molecule has 0 unspecified atom stereocenters. The summed E-state index contributed by atoms with van der Waals surface area (Å²) < 4.78 is 4.80. The van der Waals surface area contributed by atoms with E-state index < -0.39 is 0 Å². The molecule has 0 fully saturated rings. The quantitative estimate of drug-likeness (QED) is 0.583. The van der Waals surface area contributed by atoms with Crippen molar-refractivity contribution in [2.24, 2.45) is 0 Å². The average Bonchev–Trinajstić information content (AvgIpc) is 2.46. The van der Waals surface area contributed by atoms with Crippen LogP contribution in [0.5, 0.6) is 0 Å². The number of amides is 2. The number of carbonyl (C=O) groups is 2. The highest BCUT2D eigenvalue weighted by Gasteiger charge is 2.09. The van der Waals surface area contributed by atoms with Crippen LogP contribution < -0.4 is 16.0 Å². The summed E-state index contributed by atoms with van der Waals surface area (Å²) in [4.78, 5) is 27.2. The molecule has 1 aromatic heterocycles. The van der Waals surface area contributed by atoms with Crippen molar-refractivity contribution in [3.05, 3.63) is 24.0 Å². The SMILES string of the molecule is CCNc1ccnc(C(=O)NCC(=O)NCCOC)c1. The topological polar surface area (TPSA) is 92.4 Å². The molecule has 2 amide bonds. The van der Waals surface area contributed by atoms with Gasteiger partial charge in [-0.3, -0.25) is 14.6 Å². The Kier molecular flexibility index (Phi) is 7.05. The van der Waals surface area contributed by atoms with Crippen LogP contribution in [-0.4, -0.2) is 50.1 Å². The molecule has 0 atom stereocenters. The number of methoxy groups -OCH3 is 1. The zero-order chi connectivity index (χ0) is 14.8. The van der Waals surface area contributed by atoms with Crippen LogP contribution in [0.15, 0.2) is 18.3 Å². The molecule has 7 nitrogen and oxygen atoms in total. The third-order valence-corrected chi connectivity index (χ3v) is 2.41. The predicted octanol–water partition coefficient (Wildman–Crippen LogP) is 0.00580. The van der Waals surface area contributed by atoms with Gasteiger partial charge in [0.05, 0.1) is 13.2 Å².